The van der Waals surface area contributed by atoms with E-state index in [0.29, 0.717) is 15.8 Å². The highest BCUT2D eigenvalue weighted by Crippen LogP contribution is 2.33. The van der Waals surface area contributed by atoms with Gasteiger partial charge in [-0.25, -0.2) is 4.98 Å². The standard InChI is InChI=1S/C13H22N4OS/c1-8(2)16-13-17-11(14)10(19-13)12(18)15-7-3-4-9-5-6-9/h8-9H,3-7,14H2,1-2H3,(H,15,18)(H,16,17). The molecular formula is C13H22N4OS. The molecule has 6 heteroatoms. The first-order valence-corrected chi connectivity index (χ1v) is 7.69. The van der Waals surface area contributed by atoms with Gasteiger partial charge in [-0.2, -0.15) is 0 Å². The summed E-state index contributed by atoms with van der Waals surface area (Å²) in [5, 5.41) is 6.78. The summed E-state index contributed by atoms with van der Waals surface area (Å²) in [6, 6.07) is 0.278. The van der Waals surface area contributed by atoms with Gasteiger partial charge in [0.15, 0.2) is 5.13 Å². The van der Waals surface area contributed by atoms with Crippen LogP contribution in [0.1, 0.15) is 49.2 Å². The van der Waals surface area contributed by atoms with Crippen molar-refractivity contribution in [3.63, 3.8) is 0 Å². The van der Waals surface area contributed by atoms with E-state index >= 15 is 0 Å². The van der Waals surface area contributed by atoms with E-state index in [1.807, 2.05) is 13.8 Å². The van der Waals surface area contributed by atoms with E-state index in [1.54, 1.807) is 0 Å². The number of nitrogens with two attached hydrogens (primary N) is 1. The summed E-state index contributed by atoms with van der Waals surface area (Å²) in [5.74, 6) is 1.11. The lowest BCUT2D eigenvalue weighted by Gasteiger charge is -2.04. The van der Waals surface area contributed by atoms with Crippen molar-refractivity contribution in [1.29, 1.82) is 0 Å². The van der Waals surface area contributed by atoms with E-state index in [4.69, 9.17) is 5.73 Å². The normalized spacial score (nSPS) is 14.7. The van der Waals surface area contributed by atoms with Crippen molar-refractivity contribution >= 4 is 28.2 Å². The van der Waals surface area contributed by atoms with E-state index in [1.165, 1.54) is 30.6 Å². The molecule has 0 aromatic carbocycles. The molecule has 4 N–H and O–H groups in total. The number of aromatic nitrogens is 1. The summed E-state index contributed by atoms with van der Waals surface area (Å²) >= 11 is 1.31. The fraction of sp³-hybridized carbons (Fsp3) is 0.692. The molecule has 19 heavy (non-hydrogen) atoms. The SMILES string of the molecule is CC(C)Nc1nc(N)c(C(=O)NCCCC2CC2)s1. The molecule has 0 unspecified atom stereocenters. The highest BCUT2D eigenvalue weighted by molar-refractivity contribution is 7.18. The molecule has 0 aliphatic heterocycles. The summed E-state index contributed by atoms with van der Waals surface area (Å²) in [6.45, 7) is 4.77. The molecule has 1 aromatic heterocycles. The molecule has 1 saturated carbocycles. The van der Waals surface area contributed by atoms with Gasteiger partial charge in [0.2, 0.25) is 0 Å². The van der Waals surface area contributed by atoms with Gasteiger partial charge in [-0.05, 0) is 32.6 Å². The van der Waals surface area contributed by atoms with Gasteiger partial charge in [0.25, 0.3) is 5.91 Å². The van der Waals surface area contributed by atoms with Gasteiger partial charge in [-0.3, -0.25) is 4.79 Å². The Hall–Kier alpha value is -1.30. The maximum atomic E-state index is 12.0. The second kappa shape index (κ2) is 6.23. The van der Waals surface area contributed by atoms with Gasteiger partial charge in [-0.15, -0.1) is 0 Å². The average molecular weight is 282 g/mol. The van der Waals surface area contributed by atoms with Crippen LogP contribution in [0.3, 0.4) is 0 Å². The number of nitrogens with zero attached hydrogens (tertiary/aromatic N) is 1. The molecule has 106 valence electrons. The summed E-state index contributed by atoms with van der Waals surface area (Å²) < 4.78 is 0. The molecule has 1 aliphatic rings. The minimum atomic E-state index is -0.109. The molecule has 0 spiro atoms. The van der Waals surface area contributed by atoms with Crippen LogP contribution >= 0.6 is 11.3 Å². The van der Waals surface area contributed by atoms with Crippen LogP contribution in [-0.4, -0.2) is 23.5 Å². The number of nitrogens with one attached hydrogen (secondary N) is 2. The predicted octanol–water partition coefficient (Wildman–Crippen LogP) is 2.47. The van der Waals surface area contributed by atoms with Gasteiger partial charge in [0.05, 0.1) is 0 Å². The molecule has 1 aromatic rings. The monoisotopic (exact) mass is 282 g/mol. The Balaban J connectivity index is 1.81. The van der Waals surface area contributed by atoms with Crippen LogP contribution in [0.25, 0.3) is 0 Å². The molecule has 0 radical (unpaired) electrons. The number of anilines is 2. The van der Waals surface area contributed by atoms with Crippen molar-refractivity contribution in [2.45, 2.75) is 45.6 Å². The Kier molecular flexibility index (Phi) is 4.63. The third kappa shape index (κ3) is 4.38. The van der Waals surface area contributed by atoms with Gasteiger partial charge in [0, 0.05) is 12.6 Å². The smallest absolute Gasteiger partial charge is 0.265 e. The zero-order chi connectivity index (χ0) is 13.8. The lowest BCUT2D eigenvalue weighted by atomic mass is 10.2. The number of carbonyl (C=O) groups excluding carboxylic acids is 1. The quantitative estimate of drug-likeness (QED) is 0.671. The number of rotatable bonds is 7. The Bertz CT molecular complexity index is 440. The van der Waals surface area contributed by atoms with Crippen molar-refractivity contribution < 1.29 is 4.79 Å². The zero-order valence-corrected chi connectivity index (χ0v) is 12.3. The topological polar surface area (TPSA) is 80.0 Å². The van der Waals surface area contributed by atoms with E-state index in [9.17, 15) is 4.79 Å². The van der Waals surface area contributed by atoms with E-state index in [-0.39, 0.29) is 11.9 Å². The van der Waals surface area contributed by atoms with Crippen molar-refractivity contribution in [3.05, 3.63) is 4.88 Å². The summed E-state index contributed by atoms with van der Waals surface area (Å²) in [5.41, 5.74) is 5.78. The second-order valence-corrected chi connectivity index (χ2v) is 6.37. The van der Waals surface area contributed by atoms with Gasteiger partial charge in [-0.1, -0.05) is 24.2 Å². The highest BCUT2D eigenvalue weighted by atomic mass is 32.1. The van der Waals surface area contributed by atoms with Crippen molar-refractivity contribution in [3.8, 4) is 0 Å². The maximum Gasteiger partial charge on any atom is 0.265 e. The lowest BCUT2D eigenvalue weighted by molar-refractivity contribution is 0.0957. The Morgan fingerprint density at radius 2 is 2.26 bits per heavy atom. The first-order chi connectivity index (χ1) is 9.06. The minimum absolute atomic E-state index is 0.109. The van der Waals surface area contributed by atoms with Crippen molar-refractivity contribution in [2.24, 2.45) is 5.92 Å². The van der Waals surface area contributed by atoms with Crippen LogP contribution in [0.4, 0.5) is 10.9 Å². The number of thiazole rings is 1. The van der Waals surface area contributed by atoms with Crippen LogP contribution < -0.4 is 16.4 Å². The third-order valence-electron chi connectivity index (χ3n) is 3.04. The highest BCUT2D eigenvalue weighted by Gasteiger charge is 2.20. The van der Waals surface area contributed by atoms with Crippen molar-refractivity contribution in [1.82, 2.24) is 10.3 Å². The van der Waals surface area contributed by atoms with Crippen LogP contribution in [0, 0.1) is 5.92 Å². The minimum Gasteiger partial charge on any atom is -0.382 e. The molecule has 0 atom stereocenters. The number of nitrogen functional groups attached to an aromatic ring is 1. The van der Waals surface area contributed by atoms with Crippen LogP contribution in [0.15, 0.2) is 0 Å². The molecule has 1 aliphatic carbocycles. The lowest BCUT2D eigenvalue weighted by Crippen LogP contribution is -2.24. The Morgan fingerprint density at radius 3 is 2.89 bits per heavy atom. The molecular weight excluding hydrogens is 260 g/mol. The molecule has 1 fully saturated rings. The van der Waals surface area contributed by atoms with E-state index in [0.717, 1.165) is 18.9 Å². The summed E-state index contributed by atoms with van der Waals surface area (Å²) in [4.78, 5) is 16.6. The fourth-order valence-electron chi connectivity index (χ4n) is 1.88. The molecule has 0 saturated heterocycles. The van der Waals surface area contributed by atoms with Gasteiger partial charge in [0.1, 0.15) is 10.7 Å². The Labute approximate surface area is 118 Å². The first-order valence-electron chi connectivity index (χ1n) is 6.87. The fourth-order valence-corrected chi connectivity index (χ4v) is 2.83. The van der Waals surface area contributed by atoms with Crippen LogP contribution in [-0.2, 0) is 0 Å². The zero-order valence-electron chi connectivity index (χ0n) is 11.5. The summed E-state index contributed by atoms with van der Waals surface area (Å²) in [7, 11) is 0. The number of carbonyl (C=O) groups is 1. The maximum absolute atomic E-state index is 12.0. The van der Waals surface area contributed by atoms with Gasteiger partial charge < -0.3 is 16.4 Å². The first kappa shape index (κ1) is 14.1. The Morgan fingerprint density at radius 1 is 1.53 bits per heavy atom. The molecule has 0 bridgehead atoms. The largest absolute Gasteiger partial charge is 0.382 e. The molecule has 1 heterocycles. The summed E-state index contributed by atoms with van der Waals surface area (Å²) in [6.07, 6.45) is 4.99. The van der Waals surface area contributed by atoms with E-state index in [2.05, 4.69) is 15.6 Å². The molecule has 1 amide bonds. The van der Waals surface area contributed by atoms with Crippen LogP contribution in [0.5, 0.6) is 0 Å². The van der Waals surface area contributed by atoms with Gasteiger partial charge >= 0.3 is 0 Å². The van der Waals surface area contributed by atoms with Crippen molar-refractivity contribution in [2.75, 3.05) is 17.6 Å². The van der Waals surface area contributed by atoms with Crippen LogP contribution in [0.2, 0.25) is 0 Å². The number of hydrogen-bond donors (Lipinski definition) is 3. The number of hydrogen-bond acceptors (Lipinski definition) is 5. The second-order valence-electron chi connectivity index (χ2n) is 5.37. The molecule has 5 nitrogen and oxygen atoms in total. The third-order valence-corrected chi connectivity index (χ3v) is 4.04. The molecule has 2 rings (SSSR count). The predicted molar refractivity (Wildman–Crippen MR) is 79.6 cm³/mol. The van der Waals surface area contributed by atoms with E-state index < -0.39 is 0 Å². The number of amides is 1. The average Bonchev–Trinajstić information content (AvgIpc) is 3.08.